The van der Waals surface area contributed by atoms with Crippen LogP contribution in [0.5, 0.6) is 0 Å². The minimum atomic E-state index is 0.831. The number of hydrogen-bond donors (Lipinski definition) is 0. The fourth-order valence-corrected chi connectivity index (χ4v) is 1.80. The van der Waals surface area contributed by atoms with E-state index < -0.39 is 0 Å². The number of aryl methyl sites for hydroxylation is 1. The molecular formula is C8H8ClI. The summed E-state index contributed by atoms with van der Waals surface area (Å²) in [7, 11) is 0. The summed E-state index contributed by atoms with van der Waals surface area (Å²) in [5, 5.41) is 0.831. The molecule has 0 aliphatic carbocycles. The molecule has 54 valence electrons. The Balaban J connectivity index is 3.09. The molecule has 2 heteroatoms. The van der Waals surface area contributed by atoms with Gasteiger partial charge in [0.2, 0.25) is 0 Å². The van der Waals surface area contributed by atoms with E-state index in [0.717, 1.165) is 9.45 Å². The summed E-state index contributed by atoms with van der Waals surface area (Å²) < 4.78 is 1.03. The predicted molar refractivity (Wildman–Crippen MR) is 53.9 cm³/mol. The molecule has 0 spiro atoms. The molecule has 0 fully saturated rings. The second kappa shape index (κ2) is 3.58. The predicted octanol–water partition coefficient (Wildman–Crippen LogP) is 3.58. The molecule has 0 aliphatic heterocycles. The Labute approximate surface area is 79.7 Å². The maximum atomic E-state index is 5.79. The van der Waals surface area contributed by atoms with Gasteiger partial charge in [-0.1, -0.05) is 40.3 Å². The van der Waals surface area contributed by atoms with E-state index in [1.165, 1.54) is 11.1 Å². The van der Waals surface area contributed by atoms with E-state index in [1.807, 2.05) is 12.1 Å². The van der Waals surface area contributed by atoms with Crippen LogP contribution in [-0.2, 0) is 4.43 Å². The van der Waals surface area contributed by atoms with Gasteiger partial charge in [0.25, 0.3) is 0 Å². The fourth-order valence-electron chi connectivity index (χ4n) is 0.784. The standard InChI is InChI=1S/C8H8ClI/c1-6-2-3-8(9)4-7(6)5-10/h2-4H,5H2,1H3. The third kappa shape index (κ3) is 1.86. The Morgan fingerprint density at radius 3 is 2.70 bits per heavy atom. The van der Waals surface area contributed by atoms with Gasteiger partial charge in [0.05, 0.1) is 0 Å². The summed E-state index contributed by atoms with van der Waals surface area (Å²) in [5.41, 5.74) is 2.65. The molecule has 0 aromatic heterocycles. The van der Waals surface area contributed by atoms with Crippen molar-refractivity contribution < 1.29 is 0 Å². The highest BCUT2D eigenvalue weighted by atomic mass is 127. The minimum absolute atomic E-state index is 0.831. The summed E-state index contributed by atoms with van der Waals surface area (Å²) >= 11 is 8.13. The van der Waals surface area contributed by atoms with Gasteiger partial charge in [-0.05, 0) is 30.2 Å². The molecule has 0 radical (unpaired) electrons. The first-order valence-corrected chi connectivity index (χ1v) is 4.95. The van der Waals surface area contributed by atoms with E-state index in [9.17, 15) is 0 Å². The average molecular weight is 267 g/mol. The van der Waals surface area contributed by atoms with Crippen LogP contribution in [0.4, 0.5) is 0 Å². The lowest BCUT2D eigenvalue weighted by Gasteiger charge is -2.00. The van der Waals surface area contributed by atoms with Crippen molar-refractivity contribution in [3.63, 3.8) is 0 Å². The summed E-state index contributed by atoms with van der Waals surface area (Å²) in [6.07, 6.45) is 0. The third-order valence-corrected chi connectivity index (χ3v) is 2.51. The van der Waals surface area contributed by atoms with Crippen LogP contribution in [0.25, 0.3) is 0 Å². The van der Waals surface area contributed by atoms with Crippen LogP contribution in [0, 0.1) is 6.92 Å². The highest BCUT2D eigenvalue weighted by molar-refractivity contribution is 14.1. The van der Waals surface area contributed by atoms with Crippen LogP contribution in [0.2, 0.25) is 5.02 Å². The van der Waals surface area contributed by atoms with Crippen molar-refractivity contribution in [3.8, 4) is 0 Å². The zero-order valence-electron chi connectivity index (χ0n) is 5.70. The third-order valence-electron chi connectivity index (χ3n) is 1.46. The van der Waals surface area contributed by atoms with E-state index in [0.29, 0.717) is 0 Å². The Kier molecular flexibility index (Phi) is 2.98. The van der Waals surface area contributed by atoms with Crippen molar-refractivity contribution in [2.45, 2.75) is 11.4 Å². The lowest BCUT2D eigenvalue weighted by atomic mass is 10.1. The van der Waals surface area contributed by atoms with Crippen LogP contribution >= 0.6 is 34.2 Å². The Morgan fingerprint density at radius 2 is 2.20 bits per heavy atom. The van der Waals surface area contributed by atoms with Gasteiger partial charge < -0.3 is 0 Å². The first-order chi connectivity index (χ1) is 4.74. The van der Waals surface area contributed by atoms with Gasteiger partial charge in [-0.2, -0.15) is 0 Å². The lowest BCUT2D eigenvalue weighted by Crippen LogP contribution is -1.82. The summed E-state index contributed by atoms with van der Waals surface area (Å²) in [6, 6.07) is 5.99. The topological polar surface area (TPSA) is 0 Å². The molecule has 0 unspecified atom stereocenters. The van der Waals surface area contributed by atoms with Crippen LogP contribution in [0.3, 0.4) is 0 Å². The molecular weight excluding hydrogens is 258 g/mol. The molecule has 0 bridgehead atoms. The lowest BCUT2D eigenvalue weighted by molar-refractivity contribution is 1.33. The second-order valence-electron chi connectivity index (χ2n) is 2.20. The van der Waals surface area contributed by atoms with Crippen molar-refractivity contribution in [1.82, 2.24) is 0 Å². The Hall–Kier alpha value is 0.240. The molecule has 0 nitrogen and oxygen atoms in total. The molecule has 0 heterocycles. The molecule has 0 atom stereocenters. The van der Waals surface area contributed by atoms with E-state index in [2.05, 4.69) is 35.6 Å². The molecule has 0 N–H and O–H groups in total. The smallest absolute Gasteiger partial charge is 0.0409 e. The molecule has 0 saturated carbocycles. The van der Waals surface area contributed by atoms with Crippen molar-refractivity contribution in [1.29, 1.82) is 0 Å². The summed E-state index contributed by atoms with van der Waals surface area (Å²) in [6.45, 7) is 2.10. The van der Waals surface area contributed by atoms with E-state index in [4.69, 9.17) is 11.6 Å². The number of alkyl halides is 1. The van der Waals surface area contributed by atoms with E-state index in [-0.39, 0.29) is 0 Å². The van der Waals surface area contributed by atoms with Crippen LogP contribution in [0.1, 0.15) is 11.1 Å². The Morgan fingerprint density at radius 1 is 1.50 bits per heavy atom. The molecule has 10 heavy (non-hydrogen) atoms. The van der Waals surface area contributed by atoms with Crippen molar-refractivity contribution in [2.75, 3.05) is 0 Å². The van der Waals surface area contributed by atoms with Crippen molar-refractivity contribution >= 4 is 34.2 Å². The monoisotopic (exact) mass is 266 g/mol. The highest BCUT2D eigenvalue weighted by Crippen LogP contribution is 2.17. The van der Waals surface area contributed by atoms with Gasteiger partial charge in [0.1, 0.15) is 0 Å². The first kappa shape index (κ1) is 8.34. The van der Waals surface area contributed by atoms with Crippen LogP contribution in [0.15, 0.2) is 18.2 Å². The zero-order chi connectivity index (χ0) is 7.56. The minimum Gasteiger partial charge on any atom is -0.0843 e. The van der Waals surface area contributed by atoms with Crippen LogP contribution in [-0.4, -0.2) is 0 Å². The zero-order valence-corrected chi connectivity index (χ0v) is 8.61. The maximum Gasteiger partial charge on any atom is 0.0409 e. The van der Waals surface area contributed by atoms with Gasteiger partial charge >= 0.3 is 0 Å². The quantitative estimate of drug-likeness (QED) is 0.538. The summed E-state index contributed by atoms with van der Waals surface area (Å²) in [4.78, 5) is 0. The number of benzene rings is 1. The SMILES string of the molecule is Cc1ccc(Cl)cc1CI. The van der Waals surface area contributed by atoms with E-state index >= 15 is 0 Å². The van der Waals surface area contributed by atoms with E-state index in [1.54, 1.807) is 0 Å². The fraction of sp³-hybridized carbons (Fsp3) is 0.250. The van der Waals surface area contributed by atoms with Gasteiger partial charge in [0, 0.05) is 9.45 Å². The maximum absolute atomic E-state index is 5.79. The summed E-state index contributed by atoms with van der Waals surface area (Å²) in [5.74, 6) is 0. The molecule has 1 aromatic rings. The Bertz CT molecular complexity index is 233. The molecule has 0 aliphatic rings. The van der Waals surface area contributed by atoms with Crippen molar-refractivity contribution in [2.24, 2.45) is 0 Å². The van der Waals surface area contributed by atoms with Crippen molar-refractivity contribution in [3.05, 3.63) is 34.3 Å². The van der Waals surface area contributed by atoms with Crippen LogP contribution < -0.4 is 0 Å². The van der Waals surface area contributed by atoms with Gasteiger partial charge in [-0.25, -0.2) is 0 Å². The largest absolute Gasteiger partial charge is 0.0843 e. The van der Waals surface area contributed by atoms with Gasteiger partial charge in [-0.3, -0.25) is 0 Å². The first-order valence-electron chi connectivity index (χ1n) is 3.05. The molecule has 1 rings (SSSR count). The van der Waals surface area contributed by atoms with Gasteiger partial charge in [0.15, 0.2) is 0 Å². The normalized spacial score (nSPS) is 9.90. The average Bonchev–Trinajstić information content (AvgIpc) is 1.94. The molecule has 0 amide bonds. The number of rotatable bonds is 1. The number of halogens is 2. The second-order valence-corrected chi connectivity index (χ2v) is 3.40. The molecule has 1 aromatic carbocycles. The molecule has 0 saturated heterocycles. The highest BCUT2D eigenvalue weighted by Gasteiger charge is 1.95. The number of hydrogen-bond acceptors (Lipinski definition) is 0. The van der Waals surface area contributed by atoms with Gasteiger partial charge in [-0.15, -0.1) is 0 Å².